The second-order valence-corrected chi connectivity index (χ2v) is 6.63. The van der Waals surface area contributed by atoms with E-state index < -0.39 is 0 Å². The van der Waals surface area contributed by atoms with Crippen molar-refractivity contribution < 1.29 is 4.79 Å². The molecular weight excluding hydrogens is 346 g/mol. The fourth-order valence-electron chi connectivity index (χ4n) is 3.25. The Bertz CT molecular complexity index is 1060. The van der Waals surface area contributed by atoms with Crippen LogP contribution >= 0.6 is 0 Å². The fourth-order valence-corrected chi connectivity index (χ4v) is 3.25. The van der Waals surface area contributed by atoms with Gasteiger partial charge in [-0.15, -0.1) is 0 Å². The highest BCUT2D eigenvalue weighted by molar-refractivity contribution is 6.00. The molecule has 1 amide bonds. The van der Waals surface area contributed by atoms with E-state index in [4.69, 9.17) is 0 Å². The minimum atomic E-state index is -0.141. The number of rotatable bonds is 5. The van der Waals surface area contributed by atoms with E-state index in [1.54, 1.807) is 6.20 Å². The van der Waals surface area contributed by atoms with Crippen LogP contribution in [0.5, 0.6) is 0 Å². The van der Waals surface area contributed by atoms with Crippen molar-refractivity contribution in [2.45, 2.75) is 13.0 Å². The summed E-state index contributed by atoms with van der Waals surface area (Å²) in [5.74, 6) is -0.141. The quantitative estimate of drug-likeness (QED) is 0.538. The van der Waals surface area contributed by atoms with Gasteiger partial charge in [-0.05, 0) is 24.6 Å². The molecule has 4 aromatic rings. The second-order valence-electron chi connectivity index (χ2n) is 6.63. The Labute approximate surface area is 164 Å². The number of amides is 1. The summed E-state index contributed by atoms with van der Waals surface area (Å²) in [5.41, 5.74) is 4.26. The topological polar surface area (TPSA) is 46.9 Å². The van der Waals surface area contributed by atoms with E-state index in [2.05, 4.69) is 10.4 Å². The van der Waals surface area contributed by atoms with Crippen molar-refractivity contribution in [2.75, 3.05) is 0 Å². The number of nitrogens with one attached hydrogen (secondary N) is 1. The molecule has 28 heavy (non-hydrogen) atoms. The van der Waals surface area contributed by atoms with E-state index in [0.717, 1.165) is 22.5 Å². The van der Waals surface area contributed by atoms with Crippen molar-refractivity contribution in [2.24, 2.45) is 0 Å². The Balaban J connectivity index is 1.73. The molecular formula is C24H21N3O. The van der Waals surface area contributed by atoms with Gasteiger partial charge in [0.25, 0.3) is 5.91 Å². The largest absolute Gasteiger partial charge is 0.345 e. The predicted octanol–water partition coefficient (Wildman–Crippen LogP) is 5.03. The maximum atomic E-state index is 13.1. The third kappa shape index (κ3) is 3.58. The first-order valence-electron chi connectivity index (χ1n) is 9.28. The van der Waals surface area contributed by atoms with Gasteiger partial charge in [0.1, 0.15) is 0 Å². The Kier molecular flexibility index (Phi) is 5.02. The van der Waals surface area contributed by atoms with Crippen molar-refractivity contribution in [3.63, 3.8) is 0 Å². The number of aromatic nitrogens is 2. The van der Waals surface area contributed by atoms with Crippen LogP contribution in [0.4, 0.5) is 0 Å². The van der Waals surface area contributed by atoms with Crippen LogP contribution < -0.4 is 5.32 Å². The molecule has 1 heterocycles. The summed E-state index contributed by atoms with van der Waals surface area (Å²) >= 11 is 0. The molecule has 0 saturated heterocycles. The predicted molar refractivity (Wildman–Crippen MR) is 111 cm³/mol. The number of nitrogens with zero attached hydrogens (tertiary/aromatic N) is 2. The zero-order valence-electron chi connectivity index (χ0n) is 15.6. The molecule has 4 heteroatoms. The minimum Gasteiger partial charge on any atom is -0.345 e. The third-order valence-corrected chi connectivity index (χ3v) is 4.71. The van der Waals surface area contributed by atoms with Crippen LogP contribution in [0, 0.1) is 0 Å². The van der Waals surface area contributed by atoms with E-state index >= 15 is 0 Å². The minimum absolute atomic E-state index is 0.0996. The Hall–Kier alpha value is -3.66. The Morgan fingerprint density at radius 2 is 1.43 bits per heavy atom. The van der Waals surface area contributed by atoms with E-state index in [-0.39, 0.29) is 11.9 Å². The van der Waals surface area contributed by atoms with Crippen LogP contribution in [0.15, 0.2) is 97.2 Å². The number of hydrogen-bond acceptors (Lipinski definition) is 2. The molecule has 1 aromatic heterocycles. The standard InChI is InChI=1S/C24H21N3O/c1-18(19-11-5-2-6-12-19)26-24(28)22-17-25-27(21-15-9-4-10-16-21)23(22)20-13-7-3-8-14-20/h2-18H,1H3,(H,26,28). The van der Waals surface area contributed by atoms with Gasteiger partial charge in [0.05, 0.1) is 29.2 Å². The van der Waals surface area contributed by atoms with Gasteiger partial charge < -0.3 is 5.32 Å². The zero-order chi connectivity index (χ0) is 19.3. The summed E-state index contributed by atoms with van der Waals surface area (Å²) in [6, 6.07) is 29.6. The summed E-state index contributed by atoms with van der Waals surface area (Å²) in [6.07, 6.45) is 1.64. The lowest BCUT2D eigenvalue weighted by Crippen LogP contribution is -2.26. The fraction of sp³-hybridized carbons (Fsp3) is 0.0833. The molecule has 138 valence electrons. The number of hydrogen-bond donors (Lipinski definition) is 1. The molecule has 4 nitrogen and oxygen atoms in total. The maximum absolute atomic E-state index is 13.1. The SMILES string of the molecule is CC(NC(=O)c1cnn(-c2ccccc2)c1-c1ccccc1)c1ccccc1. The van der Waals surface area contributed by atoms with Gasteiger partial charge in [0, 0.05) is 5.56 Å². The van der Waals surface area contributed by atoms with Gasteiger partial charge in [0.2, 0.25) is 0 Å². The highest BCUT2D eigenvalue weighted by Crippen LogP contribution is 2.27. The Morgan fingerprint density at radius 3 is 2.07 bits per heavy atom. The van der Waals surface area contributed by atoms with Gasteiger partial charge >= 0.3 is 0 Å². The van der Waals surface area contributed by atoms with Gasteiger partial charge in [-0.2, -0.15) is 5.10 Å². The molecule has 0 spiro atoms. The van der Waals surface area contributed by atoms with E-state index in [1.807, 2.05) is 103 Å². The number of carbonyl (C=O) groups is 1. The van der Waals surface area contributed by atoms with E-state index in [0.29, 0.717) is 5.56 Å². The number of carbonyl (C=O) groups excluding carboxylic acids is 1. The second kappa shape index (κ2) is 7.92. The molecule has 1 N–H and O–H groups in total. The molecule has 0 bridgehead atoms. The lowest BCUT2D eigenvalue weighted by atomic mass is 10.1. The zero-order valence-corrected chi connectivity index (χ0v) is 15.6. The highest BCUT2D eigenvalue weighted by atomic mass is 16.1. The number of benzene rings is 3. The molecule has 0 fully saturated rings. The summed E-state index contributed by atoms with van der Waals surface area (Å²) in [6.45, 7) is 1.98. The van der Waals surface area contributed by atoms with Crippen LogP contribution in [0.25, 0.3) is 16.9 Å². The van der Waals surface area contributed by atoms with Crippen molar-refractivity contribution in [1.82, 2.24) is 15.1 Å². The lowest BCUT2D eigenvalue weighted by Gasteiger charge is -2.15. The maximum Gasteiger partial charge on any atom is 0.255 e. The summed E-state index contributed by atoms with van der Waals surface area (Å²) in [4.78, 5) is 13.1. The summed E-state index contributed by atoms with van der Waals surface area (Å²) in [5, 5.41) is 7.61. The third-order valence-electron chi connectivity index (χ3n) is 4.71. The van der Waals surface area contributed by atoms with Gasteiger partial charge in [-0.3, -0.25) is 4.79 Å². The van der Waals surface area contributed by atoms with E-state index in [9.17, 15) is 4.79 Å². The molecule has 0 saturated carbocycles. The van der Waals surface area contributed by atoms with E-state index in [1.165, 1.54) is 0 Å². The number of para-hydroxylation sites is 1. The summed E-state index contributed by atoms with van der Waals surface area (Å²) < 4.78 is 1.82. The first-order valence-corrected chi connectivity index (χ1v) is 9.28. The average molecular weight is 367 g/mol. The molecule has 0 aliphatic rings. The van der Waals surface area contributed by atoms with Crippen LogP contribution in [0.3, 0.4) is 0 Å². The monoisotopic (exact) mass is 367 g/mol. The van der Waals surface area contributed by atoms with Crippen LogP contribution in [-0.2, 0) is 0 Å². The normalized spacial score (nSPS) is 11.8. The lowest BCUT2D eigenvalue weighted by molar-refractivity contribution is 0.0940. The first kappa shape index (κ1) is 17.7. The van der Waals surface area contributed by atoms with Crippen molar-refractivity contribution in [1.29, 1.82) is 0 Å². The molecule has 0 radical (unpaired) electrons. The molecule has 1 atom stereocenters. The molecule has 0 aliphatic carbocycles. The smallest absolute Gasteiger partial charge is 0.255 e. The van der Waals surface area contributed by atoms with Gasteiger partial charge in [-0.1, -0.05) is 78.9 Å². The van der Waals surface area contributed by atoms with Gasteiger partial charge in [-0.25, -0.2) is 4.68 Å². The first-order chi connectivity index (χ1) is 13.7. The van der Waals surface area contributed by atoms with Crippen molar-refractivity contribution >= 4 is 5.91 Å². The molecule has 0 aliphatic heterocycles. The molecule has 4 rings (SSSR count). The van der Waals surface area contributed by atoms with Crippen LogP contribution in [0.2, 0.25) is 0 Å². The summed E-state index contributed by atoms with van der Waals surface area (Å²) in [7, 11) is 0. The molecule has 1 unspecified atom stereocenters. The molecule has 3 aromatic carbocycles. The van der Waals surface area contributed by atoms with Gasteiger partial charge in [0.15, 0.2) is 0 Å². The Morgan fingerprint density at radius 1 is 0.857 bits per heavy atom. The van der Waals surface area contributed by atoms with Crippen LogP contribution in [-0.4, -0.2) is 15.7 Å². The van der Waals surface area contributed by atoms with Crippen LogP contribution in [0.1, 0.15) is 28.9 Å². The average Bonchev–Trinajstić information content (AvgIpc) is 3.21. The highest BCUT2D eigenvalue weighted by Gasteiger charge is 2.21. The van der Waals surface area contributed by atoms with Crippen molar-refractivity contribution in [3.8, 4) is 16.9 Å². The van der Waals surface area contributed by atoms with Crippen molar-refractivity contribution in [3.05, 3.63) is 108 Å².